The maximum atomic E-state index is 12.3. The molecule has 0 radical (unpaired) electrons. The van der Waals surface area contributed by atoms with Crippen LogP contribution in [-0.2, 0) is 10.0 Å². The SMILES string of the molecule is Cc1[nH]c(=O)sc1S(=O)(=O)N(C)C1CCSC1. The molecule has 0 aliphatic carbocycles. The van der Waals surface area contributed by atoms with Crippen LogP contribution in [0.15, 0.2) is 9.00 Å². The first-order chi connectivity index (χ1) is 7.93. The van der Waals surface area contributed by atoms with Crippen LogP contribution < -0.4 is 4.87 Å². The summed E-state index contributed by atoms with van der Waals surface area (Å²) in [5.74, 6) is 1.82. The average molecular weight is 294 g/mol. The van der Waals surface area contributed by atoms with E-state index >= 15 is 0 Å². The smallest absolute Gasteiger partial charge is 0.305 e. The summed E-state index contributed by atoms with van der Waals surface area (Å²) in [6.45, 7) is 1.61. The molecule has 0 spiro atoms. The van der Waals surface area contributed by atoms with Crippen LogP contribution in [0.2, 0.25) is 0 Å². The van der Waals surface area contributed by atoms with Crippen LogP contribution >= 0.6 is 23.1 Å². The first-order valence-corrected chi connectivity index (χ1v) is 8.59. The van der Waals surface area contributed by atoms with E-state index in [1.54, 1.807) is 25.7 Å². The molecular weight excluding hydrogens is 280 g/mol. The first kappa shape index (κ1) is 13.1. The molecule has 1 aliphatic heterocycles. The fourth-order valence-electron chi connectivity index (χ4n) is 1.77. The summed E-state index contributed by atoms with van der Waals surface area (Å²) in [4.78, 5) is 13.4. The number of hydrogen-bond donors (Lipinski definition) is 1. The summed E-state index contributed by atoms with van der Waals surface area (Å²) in [5, 5.41) is 0. The monoisotopic (exact) mass is 294 g/mol. The highest BCUT2D eigenvalue weighted by molar-refractivity contribution is 7.99. The van der Waals surface area contributed by atoms with Crippen LogP contribution in [0.25, 0.3) is 0 Å². The molecule has 1 aromatic heterocycles. The molecule has 8 heteroatoms. The van der Waals surface area contributed by atoms with Gasteiger partial charge in [0.15, 0.2) is 4.21 Å². The molecule has 1 saturated heterocycles. The van der Waals surface area contributed by atoms with E-state index in [1.165, 1.54) is 4.31 Å². The Balaban J connectivity index is 2.35. The molecule has 0 bridgehead atoms. The molecular formula is C9H14N2O3S3. The van der Waals surface area contributed by atoms with Gasteiger partial charge in [-0.3, -0.25) is 4.79 Å². The Morgan fingerprint density at radius 2 is 2.18 bits per heavy atom. The van der Waals surface area contributed by atoms with E-state index in [9.17, 15) is 13.2 Å². The predicted molar refractivity (Wildman–Crippen MR) is 70.4 cm³/mol. The molecule has 1 atom stereocenters. The number of H-pyrrole nitrogens is 1. The van der Waals surface area contributed by atoms with Gasteiger partial charge in [0, 0.05) is 24.5 Å². The van der Waals surface area contributed by atoms with E-state index in [0.717, 1.165) is 29.3 Å². The number of thiazole rings is 1. The summed E-state index contributed by atoms with van der Waals surface area (Å²) in [5.41, 5.74) is 0.428. The van der Waals surface area contributed by atoms with Gasteiger partial charge < -0.3 is 4.98 Å². The molecule has 96 valence electrons. The largest absolute Gasteiger partial charge is 0.315 e. The molecule has 1 aliphatic rings. The van der Waals surface area contributed by atoms with Crippen LogP contribution in [0.3, 0.4) is 0 Å². The van der Waals surface area contributed by atoms with Gasteiger partial charge in [-0.2, -0.15) is 16.1 Å². The molecule has 1 unspecified atom stereocenters. The van der Waals surface area contributed by atoms with Crippen molar-refractivity contribution in [2.45, 2.75) is 23.6 Å². The van der Waals surface area contributed by atoms with Crippen molar-refractivity contribution < 1.29 is 8.42 Å². The summed E-state index contributed by atoms with van der Waals surface area (Å²) in [7, 11) is -1.93. The number of aryl methyl sites for hydroxylation is 1. The van der Waals surface area contributed by atoms with Crippen molar-refractivity contribution in [3.63, 3.8) is 0 Å². The Morgan fingerprint density at radius 3 is 2.65 bits per heavy atom. The maximum Gasteiger partial charge on any atom is 0.305 e. The van der Waals surface area contributed by atoms with Gasteiger partial charge in [0.1, 0.15) is 0 Å². The Kier molecular flexibility index (Phi) is 3.67. The number of aromatic nitrogens is 1. The highest BCUT2D eigenvalue weighted by Crippen LogP contribution is 2.27. The molecule has 0 saturated carbocycles. The molecule has 5 nitrogen and oxygen atoms in total. The normalized spacial score (nSPS) is 21.2. The number of hydrogen-bond acceptors (Lipinski definition) is 5. The van der Waals surface area contributed by atoms with E-state index < -0.39 is 10.0 Å². The zero-order chi connectivity index (χ0) is 12.6. The number of thioether (sulfide) groups is 1. The highest BCUT2D eigenvalue weighted by Gasteiger charge is 2.32. The number of sulfonamides is 1. The lowest BCUT2D eigenvalue weighted by atomic mass is 10.3. The molecule has 1 aromatic rings. The summed E-state index contributed by atoms with van der Waals surface area (Å²) in [6, 6.07) is 0.0432. The average Bonchev–Trinajstić information content (AvgIpc) is 2.86. The molecule has 2 rings (SSSR count). The minimum atomic E-state index is -3.52. The molecule has 2 heterocycles. The Bertz CT molecular complexity index is 554. The van der Waals surface area contributed by atoms with Crippen molar-refractivity contribution in [1.29, 1.82) is 0 Å². The Labute approximate surface area is 108 Å². The highest BCUT2D eigenvalue weighted by atomic mass is 32.2. The Morgan fingerprint density at radius 1 is 1.47 bits per heavy atom. The molecule has 17 heavy (non-hydrogen) atoms. The minimum absolute atomic E-state index is 0.0432. The third kappa shape index (κ3) is 2.44. The van der Waals surface area contributed by atoms with Crippen molar-refractivity contribution in [3.05, 3.63) is 15.4 Å². The third-order valence-electron chi connectivity index (χ3n) is 2.81. The summed E-state index contributed by atoms with van der Waals surface area (Å²) >= 11 is 2.52. The number of nitrogens with one attached hydrogen (secondary N) is 1. The van der Waals surface area contributed by atoms with Crippen LogP contribution in [0.4, 0.5) is 0 Å². The van der Waals surface area contributed by atoms with Crippen molar-refractivity contribution in [2.24, 2.45) is 0 Å². The van der Waals surface area contributed by atoms with Crippen molar-refractivity contribution in [3.8, 4) is 0 Å². The molecule has 1 fully saturated rings. The fourth-order valence-corrected chi connectivity index (χ4v) is 5.98. The van der Waals surface area contributed by atoms with Gasteiger partial charge in [-0.15, -0.1) is 0 Å². The zero-order valence-electron chi connectivity index (χ0n) is 9.60. The van der Waals surface area contributed by atoms with E-state index in [-0.39, 0.29) is 15.1 Å². The van der Waals surface area contributed by atoms with Gasteiger partial charge >= 0.3 is 4.87 Å². The fraction of sp³-hybridized carbons (Fsp3) is 0.667. The molecule has 0 amide bonds. The molecule has 0 aromatic carbocycles. The first-order valence-electron chi connectivity index (χ1n) is 5.18. The molecule has 1 N–H and O–H groups in total. The van der Waals surface area contributed by atoms with Gasteiger partial charge in [0.25, 0.3) is 10.0 Å². The van der Waals surface area contributed by atoms with Crippen molar-refractivity contribution in [1.82, 2.24) is 9.29 Å². The van der Waals surface area contributed by atoms with Gasteiger partial charge in [-0.1, -0.05) is 11.3 Å². The lowest BCUT2D eigenvalue weighted by Crippen LogP contribution is -2.36. The van der Waals surface area contributed by atoms with E-state index in [2.05, 4.69) is 4.98 Å². The second-order valence-electron chi connectivity index (χ2n) is 3.97. The van der Waals surface area contributed by atoms with Gasteiger partial charge in [-0.05, 0) is 19.1 Å². The standard InChI is InChI=1S/C9H14N2O3S3/c1-6-8(16-9(12)10-6)17(13,14)11(2)7-3-4-15-5-7/h7H,3-5H2,1-2H3,(H,10,12). The van der Waals surface area contributed by atoms with Crippen LogP contribution in [0.5, 0.6) is 0 Å². The minimum Gasteiger partial charge on any atom is -0.315 e. The van der Waals surface area contributed by atoms with E-state index in [4.69, 9.17) is 0 Å². The van der Waals surface area contributed by atoms with Gasteiger partial charge in [-0.25, -0.2) is 8.42 Å². The zero-order valence-corrected chi connectivity index (χ0v) is 12.0. The second-order valence-corrected chi connectivity index (χ2v) is 8.29. The maximum absolute atomic E-state index is 12.3. The van der Waals surface area contributed by atoms with E-state index in [1.807, 2.05) is 0 Å². The Hall–Kier alpha value is -0.310. The predicted octanol–water partition coefficient (Wildman–Crippen LogP) is 0.871. The second kappa shape index (κ2) is 4.75. The summed E-state index contributed by atoms with van der Waals surface area (Å²) < 4.78 is 26.2. The number of nitrogens with zero attached hydrogens (tertiary/aromatic N) is 1. The van der Waals surface area contributed by atoms with Crippen LogP contribution in [0, 0.1) is 6.92 Å². The van der Waals surface area contributed by atoms with Crippen molar-refractivity contribution in [2.75, 3.05) is 18.6 Å². The van der Waals surface area contributed by atoms with Crippen molar-refractivity contribution >= 4 is 33.1 Å². The lowest BCUT2D eigenvalue weighted by molar-refractivity contribution is 0.395. The quantitative estimate of drug-likeness (QED) is 0.898. The van der Waals surface area contributed by atoms with Gasteiger partial charge in [0.05, 0.1) is 0 Å². The van der Waals surface area contributed by atoms with Crippen LogP contribution in [-0.4, -0.2) is 42.3 Å². The lowest BCUT2D eigenvalue weighted by Gasteiger charge is -2.22. The summed E-state index contributed by atoms with van der Waals surface area (Å²) in [6.07, 6.45) is 0.874. The third-order valence-corrected chi connectivity index (χ3v) is 7.45. The number of aromatic amines is 1. The van der Waals surface area contributed by atoms with Crippen LogP contribution in [0.1, 0.15) is 12.1 Å². The van der Waals surface area contributed by atoms with Gasteiger partial charge in [0.2, 0.25) is 0 Å². The number of rotatable bonds is 3. The van der Waals surface area contributed by atoms with E-state index in [0.29, 0.717) is 5.69 Å². The topological polar surface area (TPSA) is 70.2 Å².